The van der Waals surface area contributed by atoms with Crippen molar-refractivity contribution in [3.63, 3.8) is 0 Å². The minimum absolute atomic E-state index is 0.0299. The molecule has 90 valence electrons. The van der Waals surface area contributed by atoms with Crippen LogP contribution in [0.15, 0.2) is 0 Å². The fourth-order valence-corrected chi connectivity index (χ4v) is 2.34. The Bertz CT molecular complexity index is 406. The first-order chi connectivity index (χ1) is 8.08. The van der Waals surface area contributed by atoms with E-state index in [0.29, 0.717) is 25.3 Å². The Labute approximate surface area is 100 Å². The summed E-state index contributed by atoms with van der Waals surface area (Å²) in [6, 6.07) is 0. The number of ether oxygens (including phenoxy) is 1. The molecule has 2 saturated heterocycles. The molecule has 1 N–H and O–H groups in total. The predicted molar refractivity (Wildman–Crippen MR) is 60.7 cm³/mol. The number of amides is 1. The van der Waals surface area contributed by atoms with Gasteiger partial charge in [-0.15, -0.1) is 0 Å². The average Bonchev–Trinajstić information content (AvgIpc) is 2.32. The second kappa shape index (κ2) is 4.38. The topological polar surface area (TPSA) is 74.6 Å². The fraction of sp³-hybridized carbons (Fsp3) is 0.700. The summed E-state index contributed by atoms with van der Waals surface area (Å²) in [5.41, 5.74) is 0.0627. The Morgan fingerprint density at radius 1 is 1.76 bits per heavy atom. The Balaban J connectivity index is 2.26. The Hall–Kier alpha value is -1.55. The normalized spacial score (nSPS) is 34.4. The molecule has 17 heavy (non-hydrogen) atoms. The molecule has 2 aliphatic rings. The van der Waals surface area contributed by atoms with Crippen molar-refractivity contribution in [2.45, 2.75) is 18.9 Å². The van der Waals surface area contributed by atoms with Crippen LogP contribution < -0.4 is 5.32 Å². The molecular formula is C10H14BN3O3. The number of nitrogens with one attached hydrogen (secondary N) is 1. The molecule has 0 aliphatic carbocycles. The third-order valence-electron chi connectivity index (χ3n) is 3.35. The molecule has 2 fully saturated rings. The number of fused-ring (bicyclic) bond motifs is 1. The van der Waals surface area contributed by atoms with E-state index in [2.05, 4.69) is 9.97 Å². The van der Waals surface area contributed by atoms with Crippen LogP contribution in [0.5, 0.6) is 0 Å². The van der Waals surface area contributed by atoms with Gasteiger partial charge < -0.3 is 0 Å². The van der Waals surface area contributed by atoms with Crippen molar-refractivity contribution in [3.05, 3.63) is 0 Å². The van der Waals surface area contributed by atoms with Gasteiger partial charge in [-0.25, -0.2) is 0 Å². The van der Waals surface area contributed by atoms with Gasteiger partial charge in [-0.1, -0.05) is 0 Å². The zero-order valence-electron chi connectivity index (χ0n) is 9.90. The van der Waals surface area contributed by atoms with Gasteiger partial charge in [-0.3, -0.25) is 0 Å². The Kier molecular flexibility index (Phi) is 3.07. The van der Waals surface area contributed by atoms with E-state index in [9.17, 15) is 4.79 Å². The number of carbonyl (C=O) groups is 1. The van der Waals surface area contributed by atoms with Gasteiger partial charge in [0.2, 0.25) is 0 Å². The number of rotatable bonds is 1. The van der Waals surface area contributed by atoms with Gasteiger partial charge in [-0.2, -0.15) is 0 Å². The van der Waals surface area contributed by atoms with E-state index in [-0.39, 0.29) is 11.8 Å². The SMILES string of the molecule is CN1C(=O)C2CCOCC2(C)NC1=BOC#N. The van der Waals surface area contributed by atoms with Crippen LogP contribution in [0.4, 0.5) is 0 Å². The van der Waals surface area contributed by atoms with Gasteiger partial charge >= 0.3 is 99.7 Å². The first kappa shape index (κ1) is 11.9. The molecule has 0 aromatic rings. The Morgan fingerprint density at radius 3 is 3.24 bits per heavy atom. The number of carbonyl (C=O) groups excluding carboxylic acids is 1. The van der Waals surface area contributed by atoms with E-state index in [4.69, 9.17) is 10.00 Å². The summed E-state index contributed by atoms with van der Waals surface area (Å²) >= 11 is 0. The van der Waals surface area contributed by atoms with Crippen molar-refractivity contribution in [1.29, 1.82) is 5.26 Å². The first-order valence-corrected chi connectivity index (χ1v) is 5.47. The maximum absolute atomic E-state index is 12.2. The number of hydrogen-bond acceptors (Lipinski definition) is 5. The van der Waals surface area contributed by atoms with Gasteiger partial charge in [0, 0.05) is 0 Å². The molecule has 0 aromatic carbocycles. The molecule has 0 radical (unpaired) electrons. The van der Waals surface area contributed by atoms with Crippen LogP contribution >= 0.6 is 0 Å². The fourth-order valence-electron chi connectivity index (χ4n) is 2.34. The summed E-state index contributed by atoms with van der Waals surface area (Å²) in [6.07, 6.45) is 2.26. The second-order valence-corrected chi connectivity index (χ2v) is 4.55. The minimum atomic E-state index is -0.424. The van der Waals surface area contributed by atoms with Crippen molar-refractivity contribution in [1.82, 2.24) is 10.2 Å². The van der Waals surface area contributed by atoms with Gasteiger partial charge in [0.05, 0.1) is 0 Å². The molecule has 6 nitrogen and oxygen atoms in total. The molecule has 0 bridgehead atoms. The van der Waals surface area contributed by atoms with Crippen LogP contribution in [0, 0.1) is 17.4 Å². The quantitative estimate of drug-likeness (QED) is 0.468. The summed E-state index contributed by atoms with van der Waals surface area (Å²) in [4.78, 5) is 13.7. The van der Waals surface area contributed by atoms with E-state index in [1.54, 1.807) is 13.3 Å². The molecule has 2 aliphatic heterocycles. The van der Waals surface area contributed by atoms with E-state index >= 15 is 0 Å². The van der Waals surface area contributed by atoms with Crippen molar-refractivity contribution in [2.24, 2.45) is 5.92 Å². The maximum atomic E-state index is 12.2. The van der Waals surface area contributed by atoms with Gasteiger partial charge in [0.25, 0.3) is 0 Å². The number of hydrogen-bond donors (Lipinski definition) is 1. The van der Waals surface area contributed by atoms with E-state index in [0.717, 1.165) is 0 Å². The molecule has 0 saturated carbocycles. The van der Waals surface area contributed by atoms with Crippen LogP contribution in [0.1, 0.15) is 13.3 Å². The molecule has 2 rings (SSSR count). The molecule has 0 spiro atoms. The second-order valence-electron chi connectivity index (χ2n) is 4.55. The summed E-state index contributed by atoms with van der Waals surface area (Å²) < 4.78 is 9.97. The predicted octanol–water partition coefficient (Wildman–Crippen LogP) is -0.953. The van der Waals surface area contributed by atoms with Crippen molar-refractivity contribution < 1.29 is 14.2 Å². The van der Waals surface area contributed by atoms with Crippen LogP contribution in [0.25, 0.3) is 0 Å². The van der Waals surface area contributed by atoms with Crippen molar-refractivity contribution >= 4 is 18.7 Å². The zero-order chi connectivity index (χ0) is 12.5. The summed E-state index contributed by atoms with van der Waals surface area (Å²) in [6.45, 7) is 3.03. The van der Waals surface area contributed by atoms with Crippen LogP contribution in [-0.2, 0) is 14.2 Å². The van der Waals surface area contributed by atoms with E-state index in [1.165, 1.54) is 12.0 Å². The van der Waals surface area contributed by atoms with Crippen LogP contribution in [0.3, 0.4) is 0 Å². The number of nitriles is 1. The van der Waals surface area contributed by atoms with E-state index in [1.807, 2.05) is 6.92 Å². The molecule has 1 amide bonds. The van der Waals surface area contributed by atoms with Gasteiger partial charge in [0.15, 0.2) is 0 Å². The Morgan fingerprint density at radius 2 is 2.53 bits per heavy atom. The number of nitrogens with zero attached hydrogens (tertiary/aromatic N) is 2. The molecule has 7 heteroatoms. The van der Waals surface area contributed by atoms with E-state index < -0.39 is 5.54 Å². The van der Waals surface area contributed by atoms with Crippen molar-refractivity contribution in [3.8, 4) is 6.26 Å². The van der Waals surface area contributed by atoms with Gasteiger partial charge in [0.1, 0.15) is 0 Å². The zero-order valence-corrected chi connectivity index (χ0v) is 9.90. The van der Waals surface area contributed by atoms with Crippen molar-refractivity contribution in [2.75, 3.05) is 20.3 Å². The third-order valence-corrected chi connectivity index (χ3v) is 3.35. The average molecular weight is 235 g/mol. The monoisotopic (exact) mass is 235 g/mol. The van der Waals surface area contributed by atoms with Gasteiger partial charge in [-0.05, 0) is 0 Å². The molecule has 2 heterocycles. The first-order valence-electron chi connectivity index (χ1n) is 5.47. The molecule has 0 aromatic heterocycles. The molecule has 2 unspecified atom stereocenters. The molecular weight excluding hydrogens is 221 g/mol. The van der Waals surface area contributed by atoms with Crippen LogP contribution in [-0.4, -0.2) is 49.4 Å². The summed E-state index contributed by atoms with van der Waals surface area (Å²) in [5, 5.41) is 11.6. The summed E-state index contributed by atoms with van der Waals surface area (Å²) in [7, 11) is 2.91. The third kappa shape index (κ3) is 2.00. The molecule has 2 atom stereocenters. The summed E-state index contributed by atoms with van der Waals surface area (Å²) in [5.74, 6) is -0.0668. The van der Waals surface area contributed by atoms with Crippen LogP contribution in [0.2, 0.25) is 0 Å². The standard InChI is InChI=1S/C10H14BN3O3/c1-10-5-16-4-3-7(10)8(15)14(2)9(13-10)11-17-6-12/h7,13H,3-5H2,1-2H3.